The lowest BCUT2D eigenvalue weighted by molar-refractivity contribution is 0.478. The summed E-state index contributed by atoms with van der Waals surface area (Å²) < 4.78 is 0. The van der Waals surface area contributed by atoms with Crippen molar-refractivity contribution in [2.75, 3.05) is 5.73 Å². The van der Waals surface area contributed by atoms with Gasteiger partial charge in [-0.3, -0.25) is 0 Å². The third-order valence-electron chi connectivity index (χ3n) is 0.937. The van der Waals surface area contributed by atoms with Crippen LogP contribution in [-0.4, -0.2) is 13.5 Å². The zero-order valence-corrected chi connectivity index (χ0v) is 4.91. The van der Waals surface area contributed by atoms with Crippen LogP contribution in [0, 0.1) is 0 Å². The number of aromatic hydroxyl groups is 1. The molecule has 3 radical (unpaired) electrons. The summed E-state index contributed by atoms with van der Waals surface area (Å²) >= 11 is 0. The fourth-order valence-corrected chi connectivity index (χ4v) is 0.488. The van der Waals surface area contributed by atoms with Crippen LogP contribution in [0.25, 0.3) is 0 Å². The predicted octanol–water partition coefficient (Wildman–Crippen LogP) is 0.594. The smallest absolute Gasteiger partial charge is 0.138 e. The van der Waals surface area contributed by atoms with Crippen LogP contribution in [-0.2, 0) is 0 Å². The van der Waals surface area contributed by atoms with E-state index in [2.05, 4.69) is 0 Å². The standard InChI is InChI=1S/C6H7NO.B/c7-5-3-1-2-4-6(5)8;/h1-4,8H,7H2;. The van der Waals surface area contributed by atoms with E-state index in [1.165, 1.54) is 0 Å². The maximum absolute atomic E-state index is 8.79. The molecule has 0 heterocycles. The first kappa shape index (κ1) is 7.88. The second kappa shape index (κ2) is 3.02. The van der Waals surface area contributed by atoms with E-state index in [1.807, 2.05) is 0 Å². The molecule has 1 aromatic carbocycles. The van der Waals surface area contributed by atoms with E-state index in [0.717, 1.165) is 0 Å². The van der Waals surface area contributed by atoms with Gasteiger partial charge < -0.3 is 10.8 Å². The van der Waals surface area contributed by atoms with Crippen molar-refractivity contribution in [1.29, 1.82) is 0 Å². The van der Waals surface area contributed by atoms with Crippen LogP contribution in [0.3, 0.4) is 0 Å². The molecule has 45 valence electrons. The van der Waals surface area contributed by atoms with Gasteiger partial charge in [0.05, 0.1) is 5.69 Å². The van der Waals surface area contributed by atoms with Crippen molar-refractivity contribution in [3.63, 3.8) is 0 Å². The number of anilines is 1. The quantitative estimate of drug-likeness (QED) is 0.299. The van der Waals surface area contributed by atoms with Crippen molar-refractivity contribution >= 4 is 14.1 Å². The highest BCUT2D eigenvalue weighted by molar-refractivity contribution is 5.75. The fraction of sp³-hybridized carbons (Fsp3) is 0. The van der Waals surface area contributed by atoms with Crippen molar-refractivity contribution in [2.45, 2.75) is 0 Å². The Morgan fingerprint density at radius 1 is 1.22 bits per heavy atom. The first-order chi connectivity index (χ1) is 3.80. The maximum Gasteiger partial charge on any atom is 0.138 e. The Morgan fingerprint density at radius 3 is 2.11 bits per heavy atom. The molecule has 1 aromatic rings. The molecule has 0 bridgehead atoms. The Labute approximate surface area is 55.9 Å². The van der Waals surface area contributed by atoms with Gasteiger partial charge in [-0.2, -0.15) is 0 Å². The van der Waals surface area contributed by atoms with Gasteiger partial charge in [-0.25, -0.2) is 0 Å². The second-order valence-corrected chi connectivity index (χ2v) is 1.56. The van der Waals surface area contributed by atoms with Crippen molar-refractivity contribution < 1.29 is 5.11 Å². The molecule has 0 unspecified atom stereocenters. The third kappa shape index (κ3) is 1.68. The van der Waals surface area contributed by atoms with Gasteiger partial charge >= 0.3 is 0 Å². The molecule has 0 atom stereocenters. The van der Waals surface area contributed by atoms with Crippen LogP contribution in [0.4, 0.5) is 5.69 Å². The molecule has 9 heavy (non-hydrogen) atoms. The third-order valence-corrected chi connectivity index (χ3v) is 0.937. The van der Waals surface area contributed by atoms with Gasteiger partial charge in [0.1, 0.15) is 5.75 Å². The van der Waals surface area contributed by atoms with Gasteiger partial charge in [-0.1, -0.05) is 12.1 Å². The molecule has 3 heteroatoms. The second-order valence-electron chi connectivity index (χ2n) is 1.56. The SMILES string of the molecule is Nc1ccccc1O.[B]. The molecule has 0 spiro atoms. The largest absolute Gasteiger partial charge is 0.506 e. The van der Waals surface area contributed by atoms with E-state index in [-0.39, 0.29) is 14.2 Å². The zero-order chi connectivity index (χ0) is 5.98. The number of nitrogen functional groups attached to an aromatic ring is 1. The maximum atomic E-state index is 8.79. The van der Waals surface area contributed by atoms with Gasteiger partial charge in [0.25, 0.3) is 0 Å². The van der Waals surface area contributed by atoms with Crippen LogP contribution in [0.5, 0.6) is 5.75 Å². The first-order valence-corrected chi connectivity index (χ1v) is 2.34. The summed E-state index contributed by atoms with van der Waals surface area (Å²) in [5, 5.41) is 8.79. The summed E-state index contributed by atoms with van der Waals surface area (Å²) in [5.41, 5.74) is 5.69. The minimum atomic E-state index is 0. The van der Waals surface area contributed by atoms with Crippen molar-refractivity contribution in [3.8, 4) is 5.75 Å². The van der Waals surface area contributed by atoms with E-state index in [1.54, 1.807) is 24.3 Å². The molecule has 0 aliphatic heterocycles. The molecule has 0 aliphatic rings. The number of nitrogens with two attached hydrogens (primary N) is 1. The Hall–Kier alpha value is -1.12. The molecule has 0 aliphatic carbocycles. The molecular formula is C6H7BNO. The molecule has 0 amide bonds. The topological polar surface area (TPSA) is 46.2 Å². The molecule has 0 aromatic heterocycles. The van der Waals surface area contributed by atoms with Gasteiger partial charge in [-0.15, -0.1) is 0 Å². The van der Waals surface area contributed by atoms with Crippen LogP contribution in [0.1, 0.15) is 0 Å². The van der Waals surface area contributed by atoms with Gasteiger partial charge in [-0.05, 0) is 12.1 Å². The van der Waals surface area contributed by atoms with E-state index in [0.29, 0.717) is 5.69 Å². The Kier molecular flexibility index (Phi) is 2.65. The summed E-state index contributed by atoms with van der Waals surface area (Å²) in [7, 11) is 0. The monoisotopic (exact) mass is 120 g/mol. The highest BCUT2D eigenvalue weighted by atomic mass is 16.3. The average Bonchev–Trinajstić information content (AvgIpc) is 1.77. The van der Waals surface area contributed by atoms with Gasteiger partial charge in [0, 0.05) is 8.41 Å². The van der Waals surface area contributed by atoms with Crippen LogP contribution >= 0.6 is 0 Å². The van der Waals surface area contributed by atoms with Crippen LogP contribution in [0.2, 0.25) is 0 Å². The predicted molar refractivity (Wildman–Crippen MR) is 38.3 cm³/mol. The van der Waals surface area contributed by atoms with E-state index in [4.69, 9.17) is 10.8 Å². The van der Waals surface area contributed by atoms with E-state index < -0.39 is 0 Å². The highest BCUT2D eigenvalue weighted by Gasteiger charge is 1.87. The molecular weight excluding hydrogens is 113 g/mol. The lowest BCUT2D eigenvalue weighted by Gasteiger charge is -1.92. The number of benzene rings is 1. The van der Waals surface area contributed by atoms with Crippen molar-refractivity contribution in [1.82, 2.24) is 0 Å². The Balaban J connectivity index is 0.000000640. The number of phenolic OH excluding ortho intramolecular Hbond substituents is 1. The number of rotatable bonds is 0. The normalized spacial score (nSPS) is 8.00. The first-order valence-electron chi connectivity index (χ1n) is 2.34. The number of para-hydroxylation sites is 2. The Bertz CT molecular complexity index is 169. The van der Waals surface area contributed by atoms with Crippen LogP contribution in [0.15, 0.2) is 24.3 Å². The van der Waals surface area contributed by atoms with Gasteiger partial charge in [0.2, 0.25) is 0 Å². The summed E-state index contributed by atoms with van der Waals surface area (Å²) in [6.07, 6.45) is 0. The minimum absolute atomic E-state index is 0. The summed E-state index contributed by atoms with van der Waals surface area (Å²) in [6, 6.07) is 6.70. The minimum Gasteiger partial charge on any atom is -0.506 e. The molecule has 3 N–H and O–H groups in total. The zero-order valence-electron chi connectivity index (χ0n) is 4.91. The van der Waals surface area contributed by atoms with E-state index >= 15 is 0 Å². The fourth-order valence-electron chi connectivity index (χ4n) is 0.488. The van der Waals surface area contributed by atoms with Crippen LogP contribution < -0.4 is 5.73 Å². The van der Waals surface area contributed by atoms with Crippen molar-refractivity contribution in [3.05, 3.63) is 24.3 Å². The number of hydrogen-bond acceptors (Lipinski definition) is 2. The molecule has 1 rings (SSSR count). The summed E-state index contributed by atoms with van der Waals surface area (Å²) in [4.78, 5) is 0. The lowest BCUT2D eigenvalue weighted by atomic mass is 10.3. The van der Waals surface area contributed by atoms with Gasteiger partial charge in [0.15, 0.2) is 0 Å². The molecule has 0 saturated carbocycles. The number of hydrogen-bond donors (Lipinski definition) is 2. The molecule has 0 saturated heterocycles. The van der Waals surface area contributed by atoms with Crippen molar-refractivity contribution in [2.24, 2.45) is 0 Å². The highest BCUT2D eigenvalue weighted by Crippen LogP contribution is 2.16. The van der Waals surface area contributed by atoms with E-state index in [9.17, 15) is 0 Å². The summed E-state index contributed by atoms with van der Waals surface area (Å²) in [6.45, 7) is 0. The summed E-state index contributed by atoms with van der Waals surface area (Å²) in [5.74, 6) is 0.146. The molecule has 2 nitrogen and oxygen atoms in total. The lowest BCUT2D eigenvalue weighted by Crippen LogP contribution is -1.82. The molecule has 0 fully saturated rings. The average molecular weight is 120 g/mol. The number of phenols is 1. The Morgan fingerprint density at radius 2 is 1.78 bits per heavy atom.